The molecule has 26 heavy (non-hydrogen) atoms. The summed E-state index contributed by atoms with van der Waals surface area (Å²) in [5.41, 5.74) is 0.315. The lowest BCUT2D eigenvalue weighted by Gasteiger charge is -2.34. The Balaban J connectivity index is 1.89. The first-order valence-corrected chi connectivity index (χ1v) is 9.65. The van der Waals surface area contributed by atoms with E-state index in [1.807, 2.05) is 0 Å². The molecular formula is C16H9Cl6NO3. The Morgan fingerprint density at radius 3 is 1.92 bits per heavy atom. The summed E-state index contributed by atoms with van der Waals surface area (Å²) < 4.78 is 3.21. The molecule has 1 saturated carbocycles. The van der Waals surface area contributed by atoms with Crippen molar-refractivity contribution in [3.05, 3.63) is 34.3 Å². The molecular weight excluding hydrogens is 467 g/mol. The standard InChI is InChI=1S/C16H9Cl6NO3/c1-26-7-4-2-3-6(5-7)23-12(24)8-9(13(23)25)15(20)11(18)10(17)14(8,19)16(15,21)22/h2-5,8-9H,1H3. The van der Waals surface area contributed by atoms with E-state index in [4.69, 9.17) is 74.3 Å². The van der Waals surface area contributed by atoms with E-state index < -0.39 is 37.7 Å². The maximum atomic E-state index is 13.2. The zero-order valence-electron chi connectivity index (χ0n) is 12.9. The van der Waals surface area contributed by atoms with Crippen molar-refractivity contribution in [2.24, 2.45) is 11.8 Å². The number of rotatable bonds is 2. The van der Waals surface area contributed by atoms with Crippen LogP contribution in [0.15, 0.2) is 34.3 Å². The number of halogens is 6. The van der Waals surface area contributed by atoms with Crippen molar-refractivity contribution >= 4 is 87.1 Å². The molecule has 1 aliphatic heterocycles. The molecule has 2 amide bonds. The molecule has 2 bridgehead atoms. The van der Waals surface area contributed by atoms with Crippen LogP contribution in [0.2, 0.25) is 0 Å². The average molecular weight is 476 g/mol. The van der Waals surface area contributed by atoms with Crippen LogP contribution in [0.3, 0.4) is 0 Å². The topological polar surface area (TPSA) is 46.6 Å². The second-order valence-electron chi connectivity index (χ2n) is 6.29. The minimum Gasteiger partial charge on any atom is -0.497 e. The molecule has 0 N–H and O–H groups in total. The fraction of sp³-hybridized carbons (Fsp3) is 0.375. The lowest BCUT2D eigenvalue weighted by Crippen LogP contribution is -2.50. The molecule has 1 aromatic carbocycles. The Labute approximate surface area is 178 Å². The van der Waals surface area contributed by atoms with E-state index in [0.717, 1.165) is 4.90 Å². The van der Waals surface area contributed by atoms with E-state index >= 15 is 0 Å². The number of imide groups is 1. The number of ether oxygens (including phenoxy) is 1. The number of methoxy groups -OCH3 is 1. The van der Waals surface area contributed by atoms with E-state index in [1.165, 1.54) is 7.11 Å². The van der Waals surface area contributed by atoms with Crippen LogP contribution in [0.5, 0.6) is 5.75 Å². The van der Waals surface area contributed by atoms with Gasteiger partial charge in [0.15, 0.2) is 4.33 Å². The Hall–Kier alpha value is -0.360. The monoisotopic (exact) mass is 473 g/mol. The van der Waals surface area contributed by atoms with Crippen molar-refractivity contribution in [2.75, 3.05) is 12.0 Å². The number of nitrogens with zero attached hydrogens (tertiary/aromatic N) is 1. The molecule has 138 valence electrons. The first kappa shape index (κ1) is 19.0. The molecule has 1 heterocycles. The molecule has 10 heteroatoms. The number of amides is 2. The van der Waals surface area contributed by atoms with Crippen LogP contribution in [0.4, 0.5) is 5.69 Å². The first-order chi connectivity index (χ1) is 12.0. The molecule has 4 nitrogen and oxygen atoms in total. The normalized spacial score (nSPS) is 37.6. The number of fused-ring (bicyclic) bond motifs is 5. The van der Waals surface area contributed by atoms with Crippen LogP contribution in [0.25, 0.3) is 0 Å². The van der Waals surface area contributed by atoms with Gasteiger partial charge in [0.1, 0.15) is 15.5 Å². The van der Waals surface area contributed by atoms with Gasteiger partial charge in [-0.25, -0.2) is 4.90 Å². The summed E-state index contributed by atoms with van der Waals surface area (Å²) in [7, 11) is 1.47. The highest BCUT2D eigenvalue weighted by molar-refractivity contribution is 6.67. The number of anilines is 1. The lowest BCUT2D eigenvalue weighted by atomic mass is 9.84. The third kappa shape index (κ3) is 1.82. The molecule has 4 unspecified atom stereocenters. The van der Waals surface area contributed by atoms with E-state index in [0.29, 0.717) is 11.4 Å². The van der Waals surface area contributed by atoms with E-state index in [9.17, 15) is 9.59 Å². The second kappa shape index (κ2) is 5.59. The van der Waals surface area contributed by atoms with Gasteiger partial charge in [0, 0.05) is 6.07 Å². The van der Waals surface area contributed by atoms with Gasteiger partial charge in [-0.3, -0.25) is 9.59 Å². The van der Waals surface area contributed by atoms with Gasteiger partial charge in [-0.1, -0.05) is 52.5 Å². The molecule has 1 aromatic rings. The largest absolute Gasteiger partial charge is 0.497 e. The second-order valence-corrected chi connectivity index (χ2v) is 9.57. The van der Waals surface area contributed by atoms with Gasteiger partial charge in [0.25, 0.3) is 0 Å². The van der Waals surface area contributed by atoms with Gasteiger partial charge in [-0.15, -0.1) is 23.2 Å². The summed E-state index contributed by atoms with van der Waals surface area (Å²) in [6, 6.07) is 6.47. The summed E-state index contributed by atoms with van der Waals surface area (Å²) in [5.74, 6) is -3.02. The molecule has 0 aromatic heterocycles. The van der Waals surface area contributed by atoms with Crippen LogP contribution >= 0.6 is 69.6 Å². The quantitative estimate of drug-likeness (QED) is 0.462. The van der Waals surface area contributed by atoms with Crippen molar-refractivity contribution < 1.29 is 14.3 Å². The fourth-order valence-electron chi connectivity index (χ4n) is 4.00. The smallest absolute Gasteiger partial charge is 0.240 e. The number of carbonyl (C=O) groups excluding carboxylic acids is 2. The van der Waals surface area contributed by atoms with E-state index in [2.05, 4.69) is 0 Å². The summed E-state index contributed by atoms with van der Waals surface area (Å²) in [5, 5.41) is -0.230. The fourth-order valence-corrected chi connectivity index (χ4v) is 6.93. The number of allylic oxidation sites excluding steroid dienone is 2. The maximum absolute atomic E-state index is 13.2. The minimum absolute atomic E-state index is 0.115. The van der Waals surface area contributed by atoms with Crippen molar-refractivity contribution in [2.45, 2.75) is 14.1 Å². The highest BCUT2D eigenvalue weighted by atomic mass is 35.5. The molecule has 2 aliphatic carbocycles. The third-order valence-corrected chi connectivity index (χ3v) is 9.48. The zero-order valence-corrected chi connectivity index (χ0v) is 17.4. The number of hydrogen-bond acceptors (Lipinski definition) is 3. The summed E-state index contributed by atoms with van der Waals surface area (Å²) in [4.78, 5) is 23.7. The molecule has 4 atom stereocenters. The number of carbonyl (C=O) groups is 2. The van der Waals surface area contributed by atoms with Crippen LogP contribution in [0, 0.1) is 11.8 Å². The Kier molecular flexibility index (Phi) is 4.08. The van der Waals surface area contributed by atoms with Gasteiger partial charge in [0.05, 0.1) is 34.7 Å². The Morgan fingerprint density at radius 1 is 0.962 bits per heavy atom. The van der Waals surface area contributed by atoms with E-state index in [-0.39, 0.29) is 10.1 Å². The third-order valence-electron chi connectivity index (χ3n) is 5.22. The predicted octanol–water partition coefficient (Wildman–Crippen LogP) is 4.65. The van der Waals surface area contributed by atoms with E-state index in [1.54, 1.807) is 24.3 Å². The number of benzene rings is 1. The van der Waals surface area contributed by atoms with Gasteiger partial charge in [-0.2, -0.15) is 0 Å². The Bertz CT molecular complexity index is 856. The van der Waals surface area contributed by atoms with Crippen molar-refractivity contribution in [1.82, 2.24) is 0 Å². The Morgan fingerprint density at radius 2 is 1.46 bits per heavy atom. The van der Waals surface area contributed by atoms with Gasteiger partial charge >= 0.3 is 0 Å². The average Bonchev–Trinajstić information content (AvgIpc) is 2.99. The molecule has 0 spiro atoms. The van der Waals surface area contributed by atoms with Crippen LogP contribution in [-0.4, -0.2) is 33.0 Å². The summed E-state index contributed by atoms with van der Waals surface area (Å²) in [6.45, 7) is 0. The van der Waals surface area contributed by atoms with Crippen molar-refractivity contribution in [3.8, 4) is 5.75 Å². The highest BCUT2D eigenvalue weighted by Crippen LogP contribution is 2.77. The van der Waals surface area contributed by atoms with Crippen molar-refractivity contribution in [3.63, 3.8) is 0 Å². The SMILES string of the molecule is COc1cccc(N2C(=O)C3C(C2=O)C2(Cl)C(Cl)=C(Cl)C3(Cl)C2(Cl)Cl)c1. The van der Waals surface area contributed by atoms with Crippen molar-refractivity contribution in [1.29, 1.82) is 0 Å². The molecule has 4 rings (SSSR count). The van der Waals surface area contributed by atoms with Gasteiger partial charge < -0.3 is 4.74 Å². The minimum atomic E-state index is -1.93. The van der Waals surface area contributed by atoms with Crippen LogP contribution in [0.1, 0.15) is 0 Å². The summed E-state index contributed by atoms with van der Waals surface area (Å²) >= 11 is 38.7. The molecule has 2 fully saturated rings. The molecule has 3 aliphatic rings. The number of hydrogen-bond donors (Lipinski definition) is 0. The van der Waals surface area contributed by atoms with Gasteiger partial charge in [-0.05, 0) is 12.1 Å². The lowest BCUT2D eigenvalue weighted by molar-refractivity contribution is -0.123. The van der Waals surface area contributed by atoms with Crippen LogP contribution in [-0.2, 0) is 9.59 Å². The highest BCUT2D eigenvalue weighted by Gasteiger charge is 2.87. The molecule has 1 saturated heterocycles. The van der Waals surface area contributed by atoms with Crippen LogP contribution < -0.4 is 9.64 Å². The zero-order chi connectivity index (χ0) is 19.2. The summed E-state index contributed by atoms with van der Waals surface area (Å²) in [6.07, 6.45) is 0. The number of alkyl halides is 4. The maximum Gasteiger partial charge on any atom is 0.240 e. The molecule has 0 radical (unpaired) electrons. The van der Waals surface area contributed by atoms with Gasteiger partial charge in [0.2, 0.25) is 11.8 Å². The first-order valence-electron chi connectivity index (χ1n) is 7.38. The predicted molar refractivity (Wildman–Crippen MR) is 103 cm³/mol.